The molecule has 0 amide bonds. The first-order chi connectivity index (χ1) is 8.42. The summed E-state index contributed by atoms with van der Waals surface area (Å²) in [5, 5.41) is 19.9. The van der Waals surface area contributed by atoms with Crippen molar-refractivity contribution in [2.75, 3.05) is 6.61 Å². The van der Waals surface area contributed by atoms with Crippen LogP contribution in [0.1, 0.15) is 33.1 Å². The van der Waals surface area contributed by atoms with Gasteiger partial charge in [0, 0.05) is 11.3 Å². The number of carbonyl (C=O) groups is 1. The van der Waals surface area contributed by atoms with E-state index in [2.05, 4.69) is 6.58 Å². The molecule has 2 N–H and O–H groups in total. The Bertz CT molecular complexity index is 410. The molecule has 2 aliphatic rings. The maximum atomic E-state index is 12.1. The summed E-state index contributed by atoms with van der Waals surface area (Å²) in [6, 6.07) is 0. The van der Waals surface area contributed by atoms with Gasteiger partial charge in [0.05, 0.1) is 12.7 Å². The lowest BCUT2D eigenvalue weighted by molar-refractivity contribution is -0.121. The van der Waals surface area contributed by atoms with E-state index in [1.807, 2.05) is 13.8 Å². The normalized spacial score (nSPS) is 40.1. The first-order valence-electron chi connectivity index (χ1n) is 6.61. The number of aliphatic hydroxyl groups excluding tert-OH is 2. The molecule has 18 heavy (non-hydrogen) atoms. The van der Waals surface area contributed by atoms with Gasteiger partial charge in [-0.2, -0.15) is 0 Å². The van der Waals surface area contributed by atoms with Crippen molar-refractivity contribution in [2.24, 2.45) is 17.3 Å². The Morgan fingerprint density at radius 3 is 2.83 bits per heavy atom. The van der Waals surface area contributed by atoms with E-state index in [1.54, 1.807) is 6.08 Å². The molecule has 0 aromatic carbocycles. The van der Waals surface area contributed by atoms with Gasteiger partial charge in [0.15, 0.2) is 5.78 Å². The summed E-state index contributed by atoms with van der Waals surface area (Å²) in [6.45, 7) is 7.71. The van der Waals surface area contributed by atoms with Crippen LogP contribution in [0, 0.1) is 17.3 Å². The molecule has 0 saturated heterocycles. The summed E-state index contributed by atoms with van der Waals surface area (Å²) in [7, 11) is 0. The van der Waals surface area contributed by atoms with Crippen molar-refractivity contribution in [3.63, 3.8) is 0 Å². The monoisotopic (exact) mass is 250 g/mol. The molecule has 0 bridgehead atoms. The van der Waals surface area contributed by atoms with E-state index in [-0.39, 0.29) is 24.2 Å². The quantitative estimate of drug-likeness (QED) is 0.735. The number of fused-ring (bicyclic) bond motifs is 1. The molecule has 0 spiro atoms. The minimum atomic E-state index is -0.435. The SMILES string of the molecule is C=C(C)C1CC2(CO)C(=CC1=O)CC[C@@H](O)[C@@H]2C. The zero-order valence-corrected chi connectivity index (χ0v) is 11.1. The van der Waals surface area contributed by atoms with Crippen molar-refractivity contribution in [3.05, 3.63) is 23.8 Å². The van der Waals surface area contributed by atoms with E-state index in [0.29, 0.717) is 19.3 Å². The molecule has 1 fully saturated rings. The summed E-state index contributed by atoms with van der Waals surface area (Å²) in [6.07, 6.45) is 3.28. The van der Waals surface area contributed by atoms with E-state index in [4.69, 9.17) is 0 Å². The van der Waals surface area contributed by atoms with Crippen molar-refractivity contribution in [2.45, 2.75) is 39.2 Å². The predicted octanol–water partition coefficient (Wildman–Crippen LogP) is 1.85. The van der Waals surface area contributed by atoms with Crippen LogP contribution < -0.4 is 0 Å². The number of ketones is 1. The van der Waals surface area contributed by atoms with E-state index >= 15 is 0 Å². The minimum Gasteiger partial charge on any atom is -0.395 e. The smallest absolute Gasteiger partial charge is 0.162 e. The molecule has 2 rings (SSSR count). The molecule has 0 aromatic heterocycles. The van der Waals surface area contributed by atoms with Crippen LogP contribution in [0.4, 0.5) is 0 Å². The van der Waals surface area contributed by atoms with Gasteiger partial charge in [-0.05, 0) is 38.2 Å². The van der Waals surface area contributed by atoms with Crippen LogP contribution in [0.15, 0.2) is 23.8 Å². The van der Waals surface area contributed by atoms with Gasteiger partial charge >= 0.3 is 0 Å². The fourth-order valence-corrected chi connectivity index (χ4v) is 3.46. The molecule has 1 saturated carbocycles. The van der Waals surface area contributed by atoms with E-state index in [1.165, 1.54) is 0 Å². The Morgan fingerprint density at radius 2 is 2.28 bits per heavy atom. The average Bonchev–Trinajstić information content (AvgIpc) is 2.34. The Morgan fingerprint density at radius 1 is 1.61 bits per heavy atom. The second-order valence-electron chi connectivity index (χ2n) is 5.88. The highest BCUT2D eigenvalue weighted by Crippen LogP contribution is 2.52. The van der Waals surface area contributed by atoms with Gasteiger partial charge in [0.1, 0.15) is 0 Å². The van der Waals surface area contributed by atoms with Crippen LogP contribution >= 0.6 is 0 Å². The molecule has 4 atom stereocenters. The summed E-state index contributed by atoms with van der Waals surface area (Å²) in [5.41, 5.74) is 1.43. The highest BCUT2D eigenvalue weighted by atomic mass is 16.3. The third-order valence-electron chi connectivity index (χ3n) is 4.90. The van der Waals surface area contributed by atoms with Gasteiger partial charge in [-0.15, -0.1) is 0 Å². The molecule has 0 aromatic rings. The van der Waals surface area contributed by atoms with Crippen LogP contribution in [0.25, 0.3) is 0 Å². The number of hydrogen-bond donors (Lipinski definition) is 2. The second-order valence-corrected chi connectivity index (χ2v) is 5.88. The zero-order chi connectivity index (χ0) is 13.5. The summed E-state index contributed by atoms with van der Waals surface area (Å²) >= 11 is 0. The maximum Gasteiger partial charge on any atom is 0.162 e. The number of carbonyl (C=O) groups excluding carboxylic acids is 1. The highest BCUT2D eigenvalue weighted by molar-refractivity contribution is 5.95. The number of aliphatic hydroxyl groups is 2. The van der Waals surface area contributed by atoms with Crippen molar-refractivity contribution < 1.29 is 15.0 Å². The van der Waals surface area contributed by atoms with Crippen molar-refractivity contribution in [1.82, 2.24) is 0 Å². The van der Waals surface area contributed by atoms with Crippen LogP contribution in [0.5, 0.6) is 0 Å². The molecule has 3 nitrogen and oxygen atoms in total. The first kappa shape index (κ1) is 13.5. The first-order valence-corrected chi connectivity index (χ1v) is 6.61. The fraction of sp³-hybridized carbons (Fsp3) is 0.667. The molecule has 2 unspecified atom stereocenters. The lowest BCUT2D eigenvalue weighted by Crippen LogP contribution is -2.49. The van der Waals surface area contributed by atoms with Crippen molar-refractivity contribution >= 4 is 5.78 Å². The van der Waals surface area contributed by atoms with Gasteiger partial charge in [-0.25, -0.2) is 0 Å². The average molecular weight is 250 g/mol. The minimum absolute atomic E-state index is 0.00583. The van der Waals surface area contributed by atoms with Gasteiger partial charge in [0.2, 0.25) is 0 Å². The molecule has 0 heterocycles. The highest BCUT2D eigenvalue weighted by Gasteiger charge is 2.49. The third-order valence-corrected chi connectivity index (χ3v) is 4.90. The zero-order valence-electron chi connectivity index (χ0n) is 11.1. The maximum absolute atomic E-state index is 12.1. The molecule has 0 radical (unpaired) electrons. The molecular weight excluding hydrogens is 228 g/mol. The Hall–Kier alpha value is -0.930. The topological polar surface area (TPSA) is 57.5 Å². The number of hydrogen-bond acceptors (Lipinski definition) is 3. The molecular formula is C15H22O3. The van der Waals surface area contributed by atoms with Crippen LogP contribution in [-0.2, 0) is 4.79 Å². The number of allylic oxidation sites excluding steroid dienone is 2. The van der Waals surface area contributed by atoms with Gasteiger partial charge in [-0.1, -0.05) is 24.6 Å². The Labute approximate surface area is 108 Å². The van der Waals surface area contributed by atoms with E-state index in [9.17, 15) is 15.0 Å². The fourth-order valence-electron chi connectivity index (χ4n) is 3.46. The second kappa shape index (κ2) is 4.63. The summed E-state index contributed by atoms with van der Waals surface area (Å²) in [5.74, 6) is -0.128. The van der Waals surface area contributed by atoms with Crippen LogP contribution in [0.3, 0.4) is 0 Å². The summed E-state index contributed by atoms with van der Waals surface area (Å²) in [4.78, 5) is 12.1. The number of rotatable bonds is 2. The van der Waals surface area contributed by atoms with Crippen molar-refractivity contribution in [1.29, 1.82) is 0 Å². The standard InChI is InChI=1S/C15H22O3/c1-9(2)12-7-15(8-16)10(3)13(17)5-4-11(15)6-14(12)18/h6,10,12-13,16-17H,1,4-5,7-8H2,2-3H3/t10-,12?,13+,15?/m0/s1. The van der Waals surface area contributed by atoms with E-state index in [0.717, 1.165) is 11.1 Å². The Balaban J connectivity index is 2.45. The van der Waals surface area contributed by atoms with Gasteiger partial charge in [0.25, 0.3) is 0 Å². The molecule has 2 aliphatic carbocycles. The lowest BCUT2D eigenvalue weighted by atomic mass is 9.56. The largest absolute Gasteiger partial charge is 0.395 e. The van der Waals surface area contributed by atoms with Crippen LogP contribution in [0.2, 0.25) is 0 Å². The predicted molar refractivity (Wildman–Crippen MR) is 69.9 cm³/mol. The lowest BCUT2D eigenvalue weighted by Gasteiger charge is -2.49. The third kappa shape index (κ3) is 1.86. The molecule has 3 heteroatoms. The van der Waals surface area contributed by atoms with Crippen molar-refractivity contribution in [3.8, 4) is 0 Å². The molecule has 100 valence electrons. The Kier molecular flexibility index (Phi) is 3.47. The van der Waals surface area contributed by atoms with E-state index < -0.39 is 11.5 Å². The van der Waals surface area contributed by atoms with Gasteiger partial charge < -0.3 is 10.2 Å². The molecule has 0 aliphatic heterocycles. The van der Waals surface area contributed by atoms with Gasteiger partial charge in [-0.3, -0.25) is 4.79 Å². The van der Waals surface area contributed by atoms with Crippen LogP contribution in [-0.4, -0.2) is 28.7 Å². The summed E-state index contributed by atoms with van der Waals surface area (Å²) < 4.78 is 0.